The van der Waals surface area contributed by atoms with E-state index in [1.807, 2.05) is 18.1 Å². The number of hydrogen-bond donors (Lipinski definition) is 1. The maximum Gasteiger partial charge on any atom is 0.235 e. The van der Waals surface area contributed by atoms with E-state index in [1.54, 1.807) is 11.8 Å². The Bertz CT molecular complexity index is 206. The zero-order valence-corrected chi connectivity index (χ0v) is 10.3. The van der Waals surface area contributed by atoms with Crippen molar-refractivity contribution in [2.45, 2.75) is 12.2 Å². The highest BCUT2D eigenvalue weighted by molar-refractivity contribution is 7.99. The van der Waals surface area contributed by atoms with Crippen LogP contribution in [0.25, 0.3) is 0 Å². The second-order valence-electron chi connectivity index (χ2n) is 3.77. The first-order chi connectivity index (χ1) is 7.19. The molecule has 0 aromatic rings. The molecule has 0 unspecified atom stereocenters. The molecule has 5 heteroatoms. The van der Waals surface area contributed by atoms with Crippen LogP contribution in [0.5, 0.6) is 0 Å². The molecule has 1 aliphatic rings. The summed E-state index contributed by atoms with van der Waals surface area (Å²) >= 11 is 1.59. The molecule has 1 rings (SSSR count). The molecule has 0 bridgehead atoms. The molecule has 1 N–H and O–H groups in total. The number of amides is 1. The van der Waals surface area contributed by atoms with Gasteiger partial charge in [0, 0.05) is 32.7 Å². The van der Waals surface area contributed by atoms with Crippen molar-refractivity contribution in [2.24, 2.45) is 0 Å². The molecule has 1 atom stereocenters. The molecule has 4 nitrogen and oxygen atoms in total. The molecule has 0 aromatic carbocycles. The zero-order valence-electron chi connectivity index (χ0n) is 9.48. The summed E-state index contributed by atoms with van der Waals surface area (Å²) in [5.74, 6) is 0.242. The van der Waals surface area contributed by atoms with Crippen molar-refractivity contribution >= 4 is 17.7 Å². The smallest absolute Gasteiger partial charge is 0.235 e. The second-order valence-corrected chi connectivity index (χ2v) is 4.95. The normalized spacial score (nSPS) is 20.3. The van der Waals surface area contributed by atoms with E-state index in [0.29, 0.717) is 0 Å². The van der Waals surface area contributed by atoms with Gasteiger partial charge in [-0.1, -0.05) is 0 Å². The van der Waals surface area contributed by atoms with E-state index in [0.717, 1.165) is 32.7 Å². The number of carbonyl (C=O) groups excluding carboxylic acids is 1. The first kappa shape index (κ1) is 12.8. The number of carbonyl (C=O) groups is 1. The number of piperazine rings is 1. The molecular weight excluding hydrogens is 212 g/mol. The quantitative estimate of drug-likeness (QED) is 0.733. The van der Waals surface area contributed by atoms with Crippen LogP contribution in [0.2, 0.25) is 0 Å². The largest absolute Gasteiger partial charge is 0.395 e. The van der Waals surface area contributed by atoms with Gasteiger partial charge in [0.25, 0.3) is 0 Å². The van der Waals surface area contributed by atoms with E-state index in [2.05, 4.69) is 4.90 Å². The third-order valence-electron chi connectivity index (χ3n) is 2.80. The Hall–Kier alpha value is -0.260. The van der Waals surface area contributed by atoms with Gasteiger partial charge in [0.2, 0.25) is 5.91 Å². The van der Waals surface area contributed by atoms with Gasteiger partial charge in [0.1, 0.15) is 0 Å². The molecule has 1 aliphatic heterocycles. The summed E-state index contributed by atoms with van der Waals surface area (Å²) in [4.78, 5) is 15.9. The van der Waals surface area contributed by atoms with Gasteiger partial charge in [0.05, 0.1) is 11.9 Å². The summed E-state index contributed by atoms with van der Waals surface area (Å²) in [5, 5.41) is 8.86. The number of β-amino-alcohol motifs (C(OH)–C–C–N with tert-alkyl or cyclic N) is 1. The number of aliphatic hydroxyl groups excluding tert-OH is 1. The van der Waals surface area contributed by atoms with Crippen molar-refractivity contribution in [1.82, 2.24) is 9.80 Å². The molecule has 0 aromatic heterocycles. The Labute approximate surface area is 95.6 Å². The van der Waals surface area contributed by atoms with E-state index in [-0.39, 0.29) is 17.8 Å². The zero-order chi connectivity index (χ0) is 11.3. The first-order valence-corrected chi connectivity index (χ1v) is 6.62. The minimum Gasteiger partial charge on any atom is -0.395 e. The van der Waals surface area contributed by atoms with Gasteiger partial charge < -0.3 is 10.0 Å². The van der Waals surface area contributed by atoms with Crippen molar-refractivity contribution in [2.75, 3.05) is 45.6 Å². The molecule has 0 spiro atoms. The van der Waals surface area contributed by atoms with E-state index in [9.17, 15) is 4.79 Å². The fraction of sp³-hybridized carbons (Fsp3) is 0.900. The van der Waals surface area contributed by atoms with Crippen molar-refractivity contribution in [3.05, 3.63) is 0 Å². The third kappa shape index (κ3) is 3.66. The van der Waals surface area contributed by atoms with Gasteiger partial charge in [0.15, 0.2) is 0 Å². The Morgan fingerprint density at radius 2 is 2.00 bits per heavy atom. The lowest BCUT2D eigenvalue weighted by molar-refractivity contribution is -0.132. The standard InChI is InChI=1S/C10H20N2O2S/c1-9(15-2)10(14)12-5-3-11(4-6-12)7-8-13/h9,13H,3-8H2,1-2H3/t9-/m0/s1. The number of aliphatic hydroxyl groups is 1. The highest BCUT2D eigenvalue weighted by atomic mass is 32.2. The average molecular weight is 232 g/mol. The summed E-state index contributed by atoms with van der Waals surface area (Å²) in [7, 11) is 0. The third-order valence-corrected chi connectivity index (χ3v) is 3.71. The van der Waals surface area contributed by atoms with Crippen LogP contribution in [0.15, 0.2) is 0 Å². The van der Waals surface area contributed by atoms with Crippen LogP contribution < -0.4 is 0 Å². The molecule has 15 heavy (non-hydrogen) atoms. The van der Waals surface area contributed by atoms with Gasteiger partial charge in [-0.2, -0.15) is 11.8 Å². The molecule has 0 radical (unpaired) electrons. The monoisotopic (exact) mass is 232 g/mol. The van der Waals surface area contributed by atoms with Crippen LogP contribution in [0, 0.1) is 0 Å². The second kappa shape index (κ2) is 6.35. The van der Waals surface area contributed by atoms with Gasteiger partial charge >= 0.3 is 0 Å². The Balaban J connectivity index is 2.33. The summed E-state index contributed by atoms with van der Waals surface area (Å²) < 4.78 is 0. The van der Waals surface area contributed by atoms with Crippen LogP contribution >= 0.6 is 11.8 Å². The molecule has 1 saturated heterocycles. The lowest BCUT2D eigenvalue weighted by atomic mass is 10.3. The lowest BCUT2D eigenvalue weighted by Crippen LogP contribution is -2.51. The fourth-order valence-electron chi connectivity index (χ4n) is 1.69. The molecule has 0 saturated carbocycles. The maximum atomic E-state index is 11.8. The molecular formula is C10H20N2O2S. The average Bonchev–Trinajstić information content (AvgIpc) is 2.28. The maximum absolute atomic E-state index is 11.8. The van der Waals surface area contributed by atoms with Crippen LogP contribution in [-0.4, -0.2) is 71.6 Å². The first-order valence-electron chi connectivity index (χ1n) is 5.34. The summed E-state index contributed by atoms with van der Waals surface area (Å²) in [6.45, 7) is 6.23. The van der Waals surface area contributed by atoms with Crippen molar-refractivity contribution in [3.8, 4) is 0 Å². The Morgan fingerprint density at radius 1 is 1.40 bits per heavy atom. The molecule has 1 amide bonds. The van der Waals surface area contributed by atoms with Crippen molar-refractivity contribution in [3.63, 3.8) is 0 Å². The van der Waals surface area contributed by atoms with E-state index in [4.69, 9.17) is 5.11 Å². The van der Waals surface area contributed by atoms with Gasteiger partial charge in [-0.15, -0.1) is 0 Å². The summed E-state index contributed by atoms with van der Waals surface area (Å²) in [6.07, 6.45) is 1.96. The molecule has 0 aliphatic carbocycles. The van der Waals surface area contributed by atoms with E-state index < -0.39 is 0 Å². The van der Waals surface area contributed by atoms with Crippen LogP contribution in [0.4, 0.5) is 0 Å². The highest BCUT2D eigenvalue weighted by Crippen LogP contribution is 2.11. The minimum absolute atomic E-state index is 0.0643. The number of hydrogen-bond acceptors (Lipinski definition) is 4. The molecule has 88 valence electrons. The van der Waals surface area contributed by atoms with Gasteiger partial charge in [-0.3, -0.25) is 9.69 Å². The van der Waals surface area contributed by atoms with E-state index in [1.165, 1.54) is 0 Å². The topological polar surface area (TPSA) is 43.8 Å². The van der Waals surface area contributed by atoms with Crippen LogP contribution in [0.3, 0.4) is 0 Å². The van der Waals surface area contributed by atoms with E-state index >= 15 is 0 Å². The lowest BCUT2D eigenvalue weighted by Gasteiger charge is -2.35. The summed E-state index contributed by atoms with van der Waals surface area (Å²) in [5.41, 5.74) is 0. The fourth-order valence-corrected chi connectivity index (χ4v) is 2.04. The molecule has 1 fully saturated rings. The Kier molecular flexibility index (Phi) is 5.42. The number of thioether (sulfide) groups is 1. The van der Waals surface area contributed by atoms with Crippen LogP contribution in [-0.2, 0) is 4.79 Å². The highest BCUT2D eigenvalue weighted by Gasteiger charge is 2.23. The molecule has 1 heterocycles. The number of nitrogens with zero attached hydrogens (tertiary/aromatic N) is 2. The Morgan fingerprint density at radius 3 is 2.47 bits per heavy atom. The van der Waals surface area contributed by atoms with Crippen molar-refractivity contribution < 1.29 is 9.90 Å². The van der Waals surface area contributed by atoms with Gasteiger partial charge in [-0.05, 0) is 13.2 Å². The summed E-state index contributed by atoms with van der Waals surface area (Å²) in [6, 6.07) is 0. The minimum atomic E-state index is 0.0643. The predicted octanol–water partition coefficient (Wildman–Crippen LogP) is -0.126. The number of rotatable bonds is 4. The van der Waals surface area contributed by atoms with Crippen molar-refractivity contribution in [1.29, 1.82) is 0 Å². The SMILES string of the molecule is CS[C@@H](C)C(=O)N1CCN(CCO)CC1. The van der Waals surface area contributed by atoms with Crippen LogP contribution in [0.1, 0.15) is 6.92 Å². The van der Waals surface area contributed by atoms with Gasteiger partial charge in [-0.25, -0.2) is 0 Å². The predicted molar refractivity (Wildman–Crippen MR) is 63.1 cm³/mol.